The predicted octanol–water partition coefficient (Wildman–Crippen LogP) is 1.97. The highest BCUT2D eigenvalue weighted by atomic mass is 19.1. The van der Waals surface area contributed by atoms with Crippen LogP contribution in [0.5, 0.6) is 0 Å². The van der Waals surface area contributed by atoms with Crippen LogP contribution in [0, 0.1) is 11.6 Å². The van der Waals surface area contributed by atoms with Crippen molar-refractivity contribution in [3.05, 3.63) is 59.7 Å². The van der Waals surface area contributed by atoms with Crippen LogP contribution in [-0.4, -0.2) is 30.1 Å². The molecule has 0 bridgehead atoms. The molecular weight excluding hydrogens is 354 g/mol. The first kappa shape index (κ1) is 17.1. The van der Waals surface area contributed by atoms with E-state index in [-0.39, 0.29) is 24.4 Å². The maximum atomic E-state index is 13.9. The van der Waals surface area contributed by atoms with Gasteiger partial charge in [0.05, 0.1) is 11.4 Å². The number of amides is 2. The number of anilines is 2. The molecule has 0 saturated heterocycles. The molecule has 4 rings (SSSR count). The highest BCUT2D eigenvalue weighted by molar-refractivity contribution is 6.45. The first-order chi connectivity index (χ1) is 13.0. The number of halogens is 2. The predicted molar refractivity (Wildman–Crippen MR) is 96.4 cm³/mol. The van der Waals surface area contributed by atoms with E-state index >= 15 is 0 Å². The third-order valence-electron chi connectivity index (χ3n) is 4.76. The lowest BCUT2D eigenvalue weighted by molar-refractivity contribution is -0.119. The zero-order valence-corrected chi connectivity index (χ0v) is 14.2. The Morgan fingerprint density at radius 1 is 1.15 bits per heavy atom. The van der Waals surface area contributed by atoms with Crippen molar-refractivity contribution in [2.45, 2.75) is 18.9 Å². The van der Waals surface area contributed by atoms with E-state index in [1.165, 1.54) is 9.91 Å². The molecule has 0 aliphatic carbocycles. The highest BCUT2D eigenvalue weighted by Crippen LogP contribution is 2.33. The molecule has 2 aliphatic rings. The number of benzene rings is 2. The molecule has 1 unspecified atom stereocenters. The van der Waals surface area contributed by atoms with Gasteiger partial charge in [-0.15, -0.1) is 0 Å². The number of carbonyl (C=O) groups excluding carboxylic acids is 2. The molecule has 2 aromatic rings. The number of hydrazone groups is 1. The van der Waals surface area contributed by atoms with Crippen LogP contribution in [0.4, 0.5) is 20.2 Å². The Hall–Kier alpha value is -3.29. The van der Waals surface area contributed by atoms with Gasteiger partial charge < -0.3 is 10.6 Å². The van der Waals surface area contributed by atoms with Gasteiger partial charge in [-0.2, -0.15) is 5.10 Å². The van der Waals surface area contributed by atoms with Gasteiger partial charge in [-0.05, 0) is 24.6 Å². The van der Waals surface area contributed by atoms with Crippen LogP contribution in [0.25, 0.3) is 0 Å². The fourth-order valence-corrected chi connectivity index (χ4v) is 3.47. The van der Waals surface area contributed by atoms with E-state index in [1.54, 1.807) is 24.3 Å². The fraction of sp³-hybridized carbons (Fsp3) is 0.211. The van der Waals surface area contributed by atoms with Crippen molar-refractivity contribution in [2.24, 2.45) is 10.8 Å². The van der Waals surface area contributed by atoms with Crippen molar-refractivity contribution in [2.75, 3.05) is 16.5 Å². The molecule has 2 N–H and O–H groups in total. The Morgan fingerprint density at radius 3 is 2.59 bits per heavy atom. The van der Waals surface area contributed by atoms with Gasteiger partial charge in [0.15, 0.2) is 0 Å². The van der Waals surface area contributed by atoms with Crippen molar-refractivity contribution in [1.82, 2.24) is 0 Å². The first-order valence-electron chi connectivity index (χ1n) is 8.46. The summed E-state index contributed by atoms with van der Waals surface area (Å²) in [6.45, 7) is 0.222. The maximum Gasteiger partial charge on any atom is 0.274 e. The molecule has 2 amide bonds. The van der Waals surface area contributed by atoms with Gasteiger partial charge in [0, 0.05) is 24.6 Å². The Morgan fingerprint density at radius 2 is 1.89 bits per heavy atom. The number of nitrogens with two attached hydrogens (primary N) is 1. The zero-order chi connectivity index (χ0) is 19.1. The molecule has 0 aromatic heterocycles. The summed E-state index contributed by atoms with van der Waals surface area (Å²) in [5.74, 6) is -2.51. The molecule has 2 heterocycles. The first-order valence-corrected chi connectivity index (χ1v) is 8.46. The summed E-state index contributed by atoms with van der Waals surface area (Å²) in [6, 6.07) is 10.0. The molecule has 6 nitrogen and oxygen atoms in total. The number of hydrogen-bond acceptors (Lipinski definition) is 4. The lowest BCUT2D eigenvalue weighted by atomic mass is 10.1. The van der Waals surface area contributed by atoms with Gasteiger partial charge in [-0.3, -0.25) is 14.6 Å². The van der Waals surface area contributed by atoms with Crippen LogP contribution in [0.15, 0.2) is 47.6 Å². The highest BCUT2D eigenvalue weighted by Gasteiger charge is 2.38. The molecule has 2 aromatic carbocycles. The lowest BCUT2D eigenvalue weighted by Gasteiger charge is -2.20. The van der Waals surface area contributed by atoms with Crippen molar-refractivity contribution < 1.29 is 18.4 Å². The van der Waals surface area contributed by atoms with Crippen LogP contribution < -0.4 is 15.6 Å². The number of carbonyl (C=O) groups is 2. The molecule has 0 fully saturated rings. The quantitative estimate of drug-likeness (QED) is 0.897. The van der Waals surface area contributed by atoms with E-state index in [0.29, 0.717) is 17.7 Å². The van der Waals surface area contributed by atoms with Crippen LogP contribution in [0.3, 0.4) is 0 Å². The van der Waals surface area contributed by atoms with E-state index in [1.807, 2.05) is 6.07 Å². The molecule has 0 saturated carbocycles. The normalized spacial score (nSPS) is 18.4. The Bertz CT molecular complexity index is 962. The van der Waals surface area contributed by atoms with Gasteiger partial charge in [-0.25, -0.2) is 8.78 Å². The van der Waals surface area contributed by atoms with Crippen LogP contribution in [-0.2, 0) is 16.0 Å². The number of para-hydroxylation sites is 1. The third kappa shape index (κ3) is 2.92. The van der Waals surface area contributed by atoms with E-state index in [9.17, 15) is 18.4 Å². The minimum absolute atomic E-state index is 0.0344. The standard InChI is InChI=1S/C19H16F2N4O2/c20-11-8-14(21)13-6-7-24(16(13)9-11)19(27)15-10-17(18(22)26)25(23-15)12-4-2-1-3-5-12/h1-5,8-9,17H,6-7,10H2,(H2,22,26). The summed E-state index contributed by atoms with van der Waals surface area (Å²) in [5.41, 5.74) is 6.74. The summed E-state index contributed by atoms with van der Waals surface area (Å²) in [7, 11) is 0. The van der Waals surface area contributed by atoms with Crippen molar-refractivity contribution in [1.29, 1.82) is 0 Å². The zero-order valence-electron chi connectivity index (χ0n) is 14.2. The third-order valence-corrected chi connectivity index (χ3v) is 4.76. The average Bonchev–Trinajstić information content (AvgIpc) is 3.26. The minimum Gasteiger partial charge on any atom is -0.368 e. The van der Waals surface area contributed by atoms with Crippen LogP contribution in [0.1, 0.15) is 12.0 Å². The topological polar surface area (TPSA) is 79.0 Å². The van der Waals surface area contributed by atoms with E-state index < -0.39 is 29.5 Å². The van der Waals surface area contributed by atoms with Gasteiger partial charge in [0.25, 0.3) is 5.91 Å². The largest absolute Gasteiger partial charge is 0.368 e. The second-order valence-electron chi connectivity index (χ2n) is 6.44. The van der Waals surface area contributed by atoms with Crippen LogP contribution >= 0.6 is 0 Å². The Kier molecular flexibility index (Phi) is 4.10. The summed E-state index contributed by atoms with van der Waals surface area (Å²) in [4.78, 5) is 26.1. The number of fused-ring (bicyclic) bond motifs is 1. The molecule has 0 spiro atoms. The van der Waals surface area contributed by atoms with Gasteiger partial charge in [0.1, 0.15) is 23.4 Å². The summed E-state index contributed by atoms with van der Waals surface area (Å²) >= 11 is 0. The van der Waals surface area contributed by atoms with E-state index in [2.05, 4.69) is 5.10 Å². The Balaban J connectivity index is 1.67. The lowest BCUT2D eigenvalue weighted by Crippen LogP contribution is -2.40. The SMILES string of the molecule is NC(=O)C1CC(C(=O)N2CCc3c(F)cc(F)cc32)=NN1c1ccccc1. The average molecular weight is 370 g/mol. The molecule has 2 aliphatic heterocycles. The maximum absolute atomic E-state index is 13.9. The second kappa shape index (κ2) is 6.46. The van der Waals surface area contributed by atoms with Crippen molar-refractivity contribution >= 4 is 28.9 Å². The molecule has 138 valence electrons. The molecule has 1 atom stereocenters. The number of primary amides is 1. The fourth-order valence-electron chi connectivity index (χ4n) is 3.47. The van der Waals surface area contributed by atoms with E-state index in [4.69, 9.17) is 5.73 Å². The summed E-state index contributed by atoms with van der Waals surface area (Å²) in [6.07, 6.45) is 0.328. The van der Waals surface area contributed by atoms with Crippen molar-refractivity contribution in [3.8, 4) is 0 Å². The van der Waals surface area contributed by atoms with Crippen molar-refractivity contribution in [3.63, 3.8) is 0 Å². The molecule has 0 radical (unpaired) electrons. The van der Waals surface area contributed by atoms with E-state index in [0.717, 1.165) is 12.1 Å². The van der Waals surface area contributed by atoms with Gasteiger partial charge in [0.2, 0.25) is 5.91 Å². The smallest absolute Gasteiger partial charge is 0.274 e. The molecule has 27 heavy (non-hydrogen) atoms. The van der Waals surface area contributed by atoms with Gasteiger partial charge in [-0.1, -0.05) is 18.2 Å². The van der Waals surface area contributed by atoms with Crippen LogP contribution in [0.2, 0.25) is 0 Å². The Labute approximate surface area is 153 Å². The number of rotatable bonds is 3. The monoisotopic (exact) mass is 370 g/mol. The number of hydrogen-bond donors (Lipinski definition) is 1. The summed E-state index contributed by atoms with van der Waals surface area (Å²) < 4.78 is 27.5. The second-order valence-corrected chi connectivity index (χ2v) is 6.44. The molecular formula is C19H16F2N4O2. The molecule has 8 heteroatoms. The number of nitrogens with zero attached hydrogens (tertiary/aromatic N) is 3. The summed E-state index contributed by atoms with van der Waals surface area (Å²) in [5, 5.41) is 5.71. The minimum atomic E-state index is -0.794. The van der Waals surface area contributed by atoms with Gasteiger partial charge >= 0.3 is 0 Å².